The fourth-order valence-electron chi connectivity index (χ4n) is 4.00. The third-order valence-corrected chi connectivity index (χ3v) is 6.01. The minimum Gasteiger partial charge on any atom is -0.872 e. The molecule has 1 saturated carbocycles. The van der Waals surface area contributed by atoms with Gasteiger partial charge in [-0.05, 0) is 16.7 Å². The number of nitrogens with zero attached hydrogens (tertiary/aromatic N) is 3. The van der Waals surface area contributed by atoms with Crippen LogP contribution in [0.1, 0.15) is 16.7 Å². The Morgan fingerprint density at radius 1 is 0.396 bits per heavy atom. The Morgan fingerprint density at radius 3 is 0.771 bits per heavy atom. The maximum atomic E-state index is 12.1. The molecule has 21 heteroatoms. The molecule has 0 saturated heterocycles. The molecule has 0 atom stereocenters. The van der Waals surface area contributed by atoms with Gasteiger partial charge in [-0.15, -0.1) is 17.2 Å². The van der Waals surface area contributed by atoms with E-state index in [2.05, 4.69) is 15.0 Å². The van der Waals surface area contributed by atoms with Crippen molar-refractivity contribution in [2.45, 2.75) is 36.4 Å². The van der Waals surface area contributed by atoms with Gasteiger partial charge in [-0.2, -0.15) is 0 Å². The van der Waals surface area contributed by atoms with Crippen LogP contribution in [0.3, 0.4) is 0 Å². The number of hydrogen-bond acceptors (Lipinski definition) is 9. The van der Waals surface area contributed by atoms with Crippen LogP contribution in [0.4, 0.5) is 0 Å². The summed E-state index contributed by atoms with van der Waals surface area (Å²) in [5.41, 5.74) is 0.760. The maximum Gasteiger partial charge on any atom is 3.00 e. The number of aliphatic imine (C=N–C) groups is 3. The largest absolute Gasteiger partial charge is 3.00 e. The molecule has 0 spiro atoms. The summed E-state index contributed by atoms with van der Waals surface area (Å²) in [5, 5.41) is 69.2. The third-order valence-electron chi connectivity index (χ3n) is 6.01. The van der Waals surface area contributed by atoms with Crippen LogP contribution in [0.15, 0.2) is 87.8 Å². The van der Waals surface area contributed by atoms with Crippen LogP contribution in [0.5, 0.6) is 17.2 Å². The van der Waals surface area contributed by atoms with Gasteiger partial charge < -0.3 is 90.9 Å². The molecule has 0 amide bonds. The summed E-state index contributed by atoms with van der Waals surface area (Å²) in [5.74, 6) is -0.863. The second kappa shape index (κ2) is 30.4. The molecule has 25 N–H and O–H groups in total. The van der Waals surface area contributed by atoms with Gasteiger partial charge in [-0.3, -0.25) is 15.0 Å². The number of aliphatic hydroxyl groups excluding tert-OH is 3. The van der Waals surface area contributed by atoms with E-state index in [-0.39, 0.29) is 111 Å². The van der Waals surface area contributed by atoms with Gasteiger partial charge in [-0.25, -0.2) is 0 Å². The van der Waals surface area contributed by atoms with E-state index in [1.165, 1.54) is 36.8 Å². The van der Waals surface area contributed by atoms with Crippen LogP contribution in [-0.4, -0.2) is 131 Å². The van der Waals surface area contributed by atoms with Gasteiger partial charge in [0.05, 0.1) is 0 Å². The Morgan fingerprint density at radius 2 is 0.583 bits per heavy atom. The zero-order chi connectivity index (χ0) is 25.7. The van der Waals surface area contributed by atoms with Crippen molar-refractivity contribution in [2.24, 2.45) is 15.0 Å². The van der Waals surface area contributed by atoms with Gasteiger partial charge in [0.15, 0.2) is 0 Å². The number of para-hydroxylation sites is 3. The van der Waals surface area contributed by atoms with E-state index in [1.807, 2.05) is 0 Å². The molecule has 1 fully saturated rings. The van der Waals surface area contributed by atoms with Crippen molar-refractivity contribution >= 4 is 18.6 Å². The minimum atomic E-state index is -1.46. The van der Waals surface area contributed by atoms with Crippen molar-refractivity contribution in [3.05, 3.63) is 89.5 Å². The normalized spacial score (nSPS) is 20.1. The van der Waals surface area contributed by atoms with Crippen LogP contribution in [0.2, 0.25) is 0 Å². The molecule has 3 aromatic carbocycles. The molecule has 20 nitrogen and oxygen atoms in total. The second-order valence-electron chi connectivity index (χ2n) is 8.39. The van der Waals surface area contributed by atoms with Crippen LogP contribution >= 0.6 is 0 Å². The van der Waals surface area contributed by atoms with Gasteiger partial charge in [0.1, 0.15) is 36.4 Å². The van der Waals surface area contributed by atoms with E-state index >= 15 is 0 Å². The van der Waals surface area contributed by atoms with Gasteiger partial charge in [0.2, 0.25) is 0 Å². The Balaban J connectivity index is -0.000000181. The summed E-state index contributed by atoms with van der Waals surface area (Å²) in [6.45, 7) is 0. The maximum absolute atomic E-state index is 12.1. The molecule has 0 heterocycles. The van der Waals surface area contributed by atoms with Crippen LogP contribution < -0.4 is 15.3 Å². The first-order valence-electron chi connectivity index (χ1n) is 11.3. The fraction of sp³-hybridized carbons (Fsp3) is 0.222. The van der Waals surface area contributed by atoms with Gasteiger partial charge in [0.25, 0.3) is 0 Å². The van der Waals surface area contributed by atoms with Crippen LogP contribution in [0.25, 0.3) is 0 Å². The Kier molecular flexibility index (Phi) is 42.0. The predicted molar refractivity (Wildman–Crippen MR) is 170 cm³/mol. The molecule has 0 radical (unpaired) electrons. The van der Waals surface area contributed by atoms with E-state index in [0.29, 0.717) is 0 Å². The molecular weight excluding hydrogens is 697 g/mol. The quantitative estimate of drug-likeness (QED) is 0.206. The van der Waals surface area contributed by atoms with Crippen molar-refractivity contribution in [3.63, 3.8) is 0 Å². The van der Waals surface area contributed by atoms with Crippen molar-refractivity contribution in [2.75, 3.05) is 0 Å². The average molecular weight is 744 g/mol. The topological polar surface area (TPSA) is 513 Å². The monoisotopic (exact) mass is 743 g/mol. The standard InChI is InChI=1S/C27H27N3O6.Co.11H2O/c31-19-10-4-1-7-16(19)13-28-22-25(34)23(29-14-17-8-2-5-11-20(17)32)27(36)24(26(22)35)30-15-18-9-3-6-12-21(18)33;;;;;;;;;;;;/h1-15,22-27,31-36H;;11*1H2/q;+3;;;;;;;;;;;/p-3. The summed E-state index contributed by atoms with van der Waals surface area (Å²) in [4.78, 5) is 12.7. The average Bonchev–Trinajstić information content (AvgIpc) is 2.87. The van der Waals surface area contributed by atoms with Crippen molar-refractivity contribution in [1.82, 2.24) is 0 Å². The van der Waals surface area contributed by atoms with Crippen LogP contribution in [0, 0.1) is 0 Å². The van der Waals surface area contributed by atoms with E-state index in [4.69, 9.17) is 0 Å². The summed E-state index contributed by atoms with van der Waals surface area (Å²) in [6.07, 6.45) is -0.634. The smallest absolute Gasteiger partial charge is 0.872 e. The van der Waals surface area contributed by atoms with Gasteiger partial charge in [0, 0.05) is 18.6 Å². The summed E-state index contributed by atoms with van der Waals surface area (Å²) >= 11 is 0. The number of benzene rings is 3. The Hall–Kier alpha value is -3.98. The molecule has 0 aromatic heterocycles. The number of rotatable bonds is 6. The van der Waals surface area contributed by atoms with E-state index in [0.717, 1.165) is 0 Å². The second-order valence-corrected chi connectivity index (χ2v) is 8.39. The molecule has 0 aliphatic heterocycles. The van der Waals surface area contributed by atoms with Gasteiger partial charge in [-0.1, -0.05) is 72.8 Å². The molecule has 280 valence electrons. The minimum absolute atomic E-state index is 0. The predicted octanol–water partition coefficient (Wildman–Crippen LogP) is -9.31. The summed E-state index contributed by atoms with van der Waals surface area (Å²) in [6, 6.07) is 14.8. The molecule has 48 heavy (non-hydrogen) atoms. The van der Waals surface area contributed by atoms with Crippen LogP contribution in [-0.2, 0) is 16.8 Å². The fourth-order valence-corrected chi connectivity index (χ4v) is 4.00. The summed E-state index contributed by atoms with van der Waals surface area (Å²) in [7, 11) is 0. The summed E-state index contributed by atoms with van der Waals surface area (Å²) < 4.78 is 0. The molecule has 0 unspecified atom stereocenters. The van der Waals surface area contributed by atoms with Gasteiger partial charge >= 0.3 is 16.8 Å². The third kappa shape index (κ3) is 15.3. The zero-order valence-electron chi connectivity index (χ0n) is 24.9. The molecule has 1 aliphatic rings. The van der Waals surface area contributed by atoms with E-state index in [1.54, 1.807) is 54.6 Å². The molecule has 3 aromatic rings. The van der Waals surface area contributed by atoms with E-state index in [9.17, 15) is 30.6 Å². The number of aliphatic hydroxyl groups is 3. The first-order valence-corrected chi connectivity index (χ1v) is 11.3. The molecule has 1 aliphatic carbocycles. The zero-order valence-corrected chi connectivity index (χ0v) is 25.9. The van der Waals surface area contributed by atoms with Crippen molar-refractivity contribution < 1.29 is 108 Å². The Labute approximate surface area is 284 Å². The molecule has 0 bridgehead atoms. The molecule has 4 rings (SSSR count). The molecular formula is C27H46CoN3O17. The van der Waals surface area contributed by atoms with Crippen molar-refractivity contribution in [1.29, 1.82) is 0 Å². The Bertz CT molecular complexity index is 1140. The van der Waals surface area contributed by atoms with Crippen molar-refractivity contribution in [3.8, 4) is 17.2 Å². The number of hydrogen-bond donors (Lipinski definition) is 3. The SMILES string of the molecule is O.O.O.O.O.O.O.O.O.O.O.[Co+3].[O-]c1ccccc1C=NC1C(O)C(N=Cc2ccccc2[O-])C(O)C(N=Cc2ccccc2[O-])C1O. The first-order chi connectivity index (χ1) is 17.4. The van der Waals surface area contributed by atoms with E-state index < -0.39 is 36.4 Å². The first kappa shape index (κ1) is 66.4.